The van der Waals surface area contributed by atoms with Crippen LogP contribution in [0.2, 0.25) is 0 Å². The van der Waals surface area contributed by atoms with Crippen molar-refractivity contribution >= 4 is 28.9 Å². The molecular weight excluding hydrogens is 428 g/mol. The molecule has 0 aliphatic heterocycles. The average Bonchev–Trinajstić information content (AvgIpc) is 3.31. The number of para-hydroxylation sites is 2. The molecule has 2 amide bonds. The Bertz CT molecular complexity index is 1100. The van der Waals surface area contributed by atoms with Gasteiger partial charge in [-0.1, -0.05) is 30.7 Å². The molecule has 0 saturated heterocycles. The number of H-pyrrole nitrogens is 1. The average molecular weight is 461 g/mol. The number of amides is 2. The van der Waals surface area contributed by atoms with Gasteiger partial charge in [0.1, 0.15) is 5.69 Å². The first-order valence-corrected chi connectivity index (χ1v) is 11.9. The smallest absolute Gasteiger partial charge is 0.269 e. The van der Waals surface area contributed by atoms with E-state index in [1.54, 1.807) is 18.2 Å². The van der Waals surface area contributed by atoms with Gasteiger partial charge in [-0.05, 0) is 62.4 Å². The number of carbonyl (C=O) groups excluding carboxylic acids is 2. The summed E-state index contributed by atoms with van der Waals surface area (Å²) in [5, 5.41) is 16.4. The largest absolute Gasteiger partial charge is 0.397 e. The number of nitrogens with one attached hydrogen (secondary N) is 4. The minimum atomic E-state index is -0.181. The van der Waals surface area contributed by atoms with Crippen molar-refractivity contribution in [1.82, 2.24) is 15.5 Å². The lowest BCUT2D eigenvalue weighted by molar-refractivity contribution is -0.116. The molecule has 0 spiro atoms. The topological polar surface area (TPSA) is 125 Å². The van der Waals surface area contributed by atoms with Crippen molar-refractivity contribution in [2.75, 3.05) is 22.9 Å². The molecule has 0 bridgehead atoms. The van der Waals surface area contributed by atoms with Gasteiger partial charge in [-0.25, -0.2) is 0 Å². The van der Waals surface area contributed by atoms with Gasteiger partial charge in [0.05, 0.1) is 17.1 Å². The molecule has 3 aromatic rings. The van der Waals surface area contributed by atoms with Crippen LogP contribution in [0.3, 0.4) is 0 Å². The first kappa shape index (κ1) is 23.4. The lowest BCUT2D eigenvalue weighted by atomic mass is 9.93. The van der Waals surface area contributed by atoms with Gasteiger partial charge in [0, 0.05) is 30.3 Å². The number of rotatable bonds is 11. The molecule has 4 rings (SSSR count). The van der Waals surface area contributed by atoms with Gasteiger partial charge in [-0.2, -0.15) is 5.10 Å². The summed E-state index contributed by atoms with van der Waals surface area (Å²) in [7, 11) is 0. The normalized spacial score (nSPS) is 13.2. The number of benzene rings is 2. The number of nitrogen functional groups attached to an aromatic ring is 1. The SMILES string of the molecule is Nc1ccccc1NC(=O)CCCCCNC(=O)c1cc(-c2ccc(NC3CCC3)cc2)n[nH]1. The number of anilines is 3. The summed E-state index contributed by atoms with van der Waals surface area (Å²) in [5.74, 6) is -0.238. The number of nitrogens with two attached hydrogens (primary N) is 1. The molecule has 1 fully saturated rings. The van der Waals surface area contributed by atoms with Crippen molar-refractivity contribution < 1.29 is 9.59 Å². The van der Waals surface area contributed by atoms with E-state index in [2.05, 4.69) is 38.3 Å². The van der Waals surface area contributed by atoms with Gasteiger partial charge < -0.3 is 21.7 Å². The molecule has 1 aliphatic carbocycles. The van der Waals surface area contributed by atoms with Crippen molar-refractivity contribution in [3.8, 4) is 11.3 Å². The highest BCUT2D eigenvalue weighted by Crippen LogP contribution is 2.25. The van der Waals surface area contributed by atoms with Crippen molar-refractivity contribution in [3.05, 3.63) is 60.3 Å². The minimum absolute atomic E-state index is 0.0567. The minimum Gasteiger partial charge on any atom is -0.397 e. The summed E-state index contributed by atoms with van der Waals surface area (Å²) in [4.78, 5) is 24.5. The highest BCUT2D eigenvalue weighted by atomic mass is 16.2. The number of carbonyl (C=O) groups is 2. The van der Waals surface area contributed by atoms with Gasteiger partial charge in [0.2, 0.25) is 5.91 Å². The Labute approximate surface area is 199 Å². The zero-order valence-electron chi connectivity index (χ0n) is 19.3. The number of hydrogen-bond donors (Lipinski definition) is 5. The van der Waals surface area contributed by atoms with Gasteiger partial charge in [-0.15, -0.1) is 0 Å². The van der Waals surface area contributed by atoms with E-state index in [0.717, 1.165) is 36.2 Å². The first-order valence-electron chi connectivity index (χ1n) is 11.9. The second-order valence-electron chi connectivity index (χ2n) is 8.72. The van der Waals surface area contributed by atoms with Crippen LogP contribution >= 0.6 is 0 Å². The van der Waals surface area contributed by atoms with E-state index in [-0.39, 0.29) is 11.8 Å². The fourth-order valence-electron chi connectivity index (χ4n) is 3.82. The molecular formula is C26H32N6O2. The maximum atomic E-state index is 12.4. The quantitative estimate of drug-likeness (QED) is 0.212. The van der Waals surface area contributed by atoms with Crippen molar-refractivity contribution in [3.63, 3.8) is 0 Å². The van der Waals surface area contributed by atoms with Gasteiger partial charge in [-0.3, -0.25) is 14.7 Å². The maximum absolute atomic E-state index is 12.4. The molecule has 0 atom stereocenters. The Morgan fingerprint density at radius 1 is 1.03 bits per heavy atom. The molecule has 2 aromatic carbocycles. The van der Waals surface area contributed by atoms with Crippen LogP contribution in [-0.2, 0) is 4.79 Å². The van der Waals surface area contributed by atoms with Crippen LogP contribution in [-0.4, -0.2) is 34.6 Å². The monoisotopic (exact) mass is 460 g/mol. The fourth-order valence-corrected chi connectivity index (χ4v) is 3.82. The fraction of sp³-hybridized carbons (Fsp3) is 0.346. The molecule has 0 radical (unpaired) electrons. The Kier molecular flexibility index (Phi) is 7.80. The van der Waals surface area contributed by atoms with Crippen LogP contribution in [0, 0.1) is 0 Å². The van der Waals surface area contributed by atoms with Gasteiger partial charge in [0.25, 0.3) is 5.91 Å². The zero-order valence-corrected chi connectivity index (χ0v) is 19.3. The maximum Gasteiger partial charge on any atom is 0.269 e. The van der Waals surface area contributed by atoms with E-state index in [0.29, 0.717) is 36.1 Å². The second-order valence-corrected chi connectivity index (χ2v) is 8.72. The number of aromatic amines is 1. The molecule has 1 heterocycles. The third kappa shape index (κ3) is 6.37. The standard InChI is InChI=1S/C26H32N6O2/c27-21-9-3-4-10-22(21)30-25(33)11-2-1-5-16-28-26(34)24-17-23(31-32-24)18-12-14-20(15-13-18)29-19-7-6-8-19/h3-4,9-10,12-15,17,19,29H,1-2,5-8,11,16,27H2,(H,28,34)(H,30,33)(H,31,32). The summed E-state index contributed by atoms with van der Waals surface area (Å²) < 4.78 is 0. The van der Waals surface area contributed by atoms with Crippen molar-refractivity contribution in [2.24, 2.45) is 0 Å². The molecule has 8 heteroatoms. The van der Waals surface area contributed by atoms with Crippen LogP contribution in [0.25, 0.3) is 11.3 Å². The summed E-state index contributed by atoms with van der Waals surface area (Å²) in [6, 6.07) is 17.7. The predicted octanol–water partition coefficient (Wildman–Crippen LogP) is 4.55. The van der Waals surface area contributed by atoms with E-state index in [1.165, 1.54) is 19.3 Å². The lowest BCUT2D eigenvalue weighted by Crippen LogP contribution is -2.26. The Hall–Kier alpha value is -3.81. The van der Waals surface area contributed by atoms with E-state index in [9.17, 15) is 9.59 Å². The van der Waals surface area contributed by atoms with Crippen LogP contribution in [0.1, 0.15) is 55.4 Å². The molecule has 1 saturated carbocycles. The molecule has 178 valence electrons. The number of nitrogens with zero attached hydrogens (tertiary/aromatic N) is 1. The van der Waals surface area contributed by atoms with E-state index in [4.69, 9.17) is 5.73 Å². The van der Waals surface area contributed by atoms with Gasteiger partial charge >= 0.3 is 0 Å². The highest BCUT2D eigenvalue weighted by molar-refractivity contribution is 5.94. The van der Waals surface area contributed by atoms with Crippen molar-refractivity contribution in [2.45, 2.75) is 51.0 Å². The van der Waals surface area contributed by atoms with E-state index >= 15 is 0 Å². The lowest BCUT2D eigenvalue weighted by Gasteiger charge is -2.27. The Morgan fingerprint density at radius 3 is 2.56 bits per heavy atom. The van der Waals surface area contributed by atoms with E-state index < -0.39 is 0 Å². The zero-order chi connectivity index (χ0) is 23.8. The van der Waals surface area contributed by atoms with Crippen LogP contribution in [0.4, 0.5) is 17.1 Å². The van der Waals surface area contributed by atoms with Gasteiger partial charge in [0.15, 0.2) is 0 Å². The third-order valence-electron chi connectivity index (χ3n) is 6.08. The number of unbranched alkanes of at least 4 members (excludes halogenated alkanes) is 2. The summed E-state index contributed by atoms with van der Waals surface area (Å²) in [6.07, 6.45) is 6.57. The predicted molar refractivity (Wildman–Crippen MR) is 136 cm³/mol. The number of aromatic nitrogens is 2. The highest BCUT2D eigenvalue weighted by Gasteiger charge is 2.17. The first-order chi connectivity index (χ1) is 16.6. The molecule has 1 aromatic heterocycles. The van der Waals surface area contributed by atoms with Crippen molar-refractivity contribution in [1.29, 1.82) is 0 Å². The molecule has 1 aliphatic rings. The second kappa shape index (κ2) is 11.4. The van der Waals surface area contributed by atoms with E-state index in [1.807, 2.05) is 24.3 Å². The molecule has 0 unspecified atom stereocenters. The summed E-state index contributed by atoms with van der Waals surface area (Å²) >= 11 is 0. The van der Waals surface area contributed by atoms with Crippen LogP contribution in [0.5, 0.6) is 0 Å². The Balaban J connectivity index is 1.14. The Morgan fingerprint density at radius 2 is 1.82 bits per heavy atom. The number of hydrogen-bond acceptors (Lipinski definition) is 5. The molecule has 6 N–H and O–H groups in total. The van der Waals surface area contributed by atoms with Crippen LogP contribution in [0.15, 0.2) is 54.6 Å². The summed E-state index contributed by atoms with van der Waals surface area (Å²) in [6.45, 7) is 0.544. The van der Waals surface area contributed by atoms with Crippen LogP contribution < -0.4 is 21.7 Å². The third-order valence-corrected chi connectivity index (χ3v) is 6.08. The molecule has 8 nitrogen and oxygen atoms in total. The molecule has 34 heavy (non-hydrogen) atoms. The summed E-state index contributed by atoms with van der Waals surface area (Å²) in [5.41, 5.74) is 10.3.